The zero-order valence-corrected chi connectivity index (χ0v) is 13.3. The van der Waals surface area contributed by atoms with Gasteiger partial charge in [0.2, 0.25) is 0 Å². The van der Waals surface area contributed by atoms with Gasteiger partial charge in [-0.3, -0.25) is 14.5 Å². The molecule has 1 N–H and O–H groups in total. The van der Waals surface area contributed by atoms with E-state index in [-0.39, 0.29) is 5.91 Å². The molecule has 0 radical (unpaired) electrons. The lowest BCUT2D eigenvalue weighted by molar-refractivity contribution is 0.0950. The Bertz CT molecular complexity index is 830. The van der Waals surface area contributed by atoms with Crippen molar-refractivity contribution in [2.24, 2.45) is 7.05 Å². The molecular weight excluding hydrogens is 312 g/mol. The van der Waals surface area contributed by atoms with Gasteiger partial charge in [-0.15, -0.1) is 0 Å². The van der Waals surface area contributed by atoms with E-state index in [9.17, 15) is 4.79 Å². The van der Waals surface area contributed by atoms with Gasteiger partial charge in [0.1, 0.15) is 5.69 Å². The molecule has 0 aliphatic rings. The smallest absolute Gasteiger partial charge is 0.251 e. The second-order valence-corrected chi connectivity index (χ2v) is 5.49. The topological polar surface area (TPSA) is 59.8 Å². The Morgan fingerprint density at radius 3 is 2.78 bits per heavy atom. The summed E-state index contributed by atoms with van der Waals surface area (Å²) in [5.41, 5.74) is 3.00. The summed E-state index contributed by atoms with van der Waals surface area (Å²) in [6.07, 6.45) is 1.73. The molecule has 0 saturated carbocycles. The molecule has 0 aliphatic carbocycles. The van der Waals surface area contributed by atoms with Crippen LogP contribution in [0.4, 0.5) is 0 Å². The fourth-order valence-corrected chi connectivity index (χ4v) is 2.40. The number of aromatic nitrogens is 3. The minimum Gasteiger partial charge on any atom is -0.346 e. The lowest BCUT2D eigenvalue weighted by Gasteiger charge is -2.05. The van der Waals surface area contributed by atoms with Gasteiger partial charge < -0.3 is 5.32 Å². The maximum Gasteiger partial charge on any atom is 0.251 e. The molecule has 0 bridgehead atoms. The third-order valence-electron chi connectivity index (χ3n) is 3.42. The zero-order valence-electron chi connectivity index (χ0n) is 12.5. The van der Waals surface area contributed by atoms with Gasteiger partial charge in [-0.05, 0) is 36.4 Å². The molecule has 116 valence electrons. The first-order valence-corrected chi connectivity index (χ1v) is 7.49. The molecule has 0 fully saturated rings. The Morgan fingerprint density at radius 1 is 1.17 bits per heavy atom. The highest BCUT2D eigenvalue weighted by Gasteiger charge is 2.10. The third-order valence-corrected chi connectivity index (χ3v) is 3.66. The van der Waals surface area contributed by atoms with E-state index in [1.54, 1.807) is 35.1 Å². The summed E-state index contributed by atoms with van der Waals surface area (Å²) in [7, 11) is 1.84. The SMILES string of the molecule is Cn1nc(-c2ccccn2)cc1CNC(=O)c1cccc(Cl)c1. The van der Waals surface area contributed by atoms with Gasteiger partial charge in [0.15, 0.2) is 0 Å². The van der Waals surface area contributed by atoms with Gasteiger partial charge in [-0.1, -0.05) is 23.7 Å². The molecule has 23 heavy (non-hydrogen) atoms. The molecule has 3 aromatic rings. The second kappa shape index (κ2) is 6.62. The van der Waals surface area contributed by atoms with Gasteiger partial charge in [0, 0.05) is 23.8 Å². The summed E-state index contributed by atoms with van der Waals surface area (Å²) in [6, 6.07) is 14.4. The monoisotopic (exact) mass is 326 g/mol. The number of amides is 1. The van der Waals surface area contributed by atoms with Crippen molar-refractivity contribution in [1.29, 1.82) is 0 Å². The number of hydrogen-bond donors (Lipinski definition) is 1. The van der Waals surface area contributed by atoms with E-state index in [1.807, 2.05) is 31.3 Å². The Balaban J connectivity index is 1.71. The molecule has 0 aliphatic heterocycles. The van der Waals surface area contributed by atoms with Crippen LogP contribution in [-0.4, -0.2) is 20.7 Å². The number of nitrogens with zero attached hydrogens (tertiary/aromatic N) is 3. The van der Waals surface area contributed by atoms with E-state index >= 15 is 0 Å². The van der Waals surface area contributed by atoms with E-state index in [1.165, 1.54) is 0 Å². The van der Waals surface area contributed by atoms with Crippen molar-refractivity contribution in [1.82, 2.24) is 20.1 Å². The van der Waals surface area contributed by atoms with Crippen molar-refractivity contribution in [2.45, 2.75) is 6.54 Å². The maximum absolute atomic E-state index is 12.1. The number of benzene rings is 1. The van der Waals surface area contributed by atoms with Crippen molar-refractivity contribution in [3.8, 4) is 11.4 Å². The number of halogens is 1. The lowest BCUT2D eigenvalue weighted by Crippen LogP contribution is -2.23. The van der Waals surface area contributed by atoms with Crippen LogP contribution < -0.4 is 5.32 Å². The molecule has 6 heteroatoms. The third kappa shape index (κ3) is 3.57. The van der Waals surface area contributed by atoms with Gasteiger partial charge in [-0.25, -0.2) is 0 Å². The number of pyridine rings is 1. The number of hydrogen-bond acceptors (Lipinski definition) is 3. The van der Waals surface area contributed by atoms with Crippen molar-refractivity contribution in [2.75, 3.05) is 0 Å². The Labute approximate surface area is 138 Å². The van der Waals surface area contributed by atoms with Crippen LogP contribution in [-0.2, 0) is 13.6 Å². The highest BCUT2D eigenvalue weighted by atomic mass is 35.5. The normalized spacial score (nSPS) is 10.5. The quantitative estimate of drug-likeness (QED) is 0.801. The van der Waals surface area contributed by atoms with Crippen LogP contribution in [0.2, 0.25) is 5.02 Å². The van der Waals surface area contributed by atoms with Crippen LogP contribution in [0, 0.1) is 0 Å². The molecule has 0 atom stereocenters. The Morgan fingerprint density at radius 2 is 2.04 bits per heavy atom. The number of aryl methyl sites for hydroxylation is 1. The minimum atomic E-state index is -0.173. The molecule has 0 unspecified atom stereocenters. The van der Waals surface area contributed by atoms with Crippen LogP contribution in [0.3, 0.4) is 0 Å². The van der Waals surface area contributed by atoms with Crippen LogP contribution in [0.25, 0.3) is 11.4 Å². The van der Waals surface area contributed by atoms with Gasteiger partial charge in [-0.2, -0.15) is 5.10 Å². The zero-order chi connectivity index (χ0) is 16.2. The largest absolute Gasteiger partial charge is 0.346 e. The number of carbonyl (C=O) groups is 1. The average Bonchev–Trinajstić information content (AvgIpc) is 2.94. The predicted molar refractivity (Wildman–Crippen MR) is 89.1 cm³/mol. The van der Waals surface area contributed by atoms with Gasteiger partial charge in [0.05, 0.1) is 17.9 Å². The summed E-state index contributed by atoms with van der Waals surface area (Å²) in [5, 5.41) is 7.83. The molecule has 0 spiro atoms. The molecule has 3 rings (SSSR count). The van der Waals surface area contributed by atoms with Crippen molar-refractivity contribution < 1.29 is 4.79 Å². The summed E-state index contributed by atoms with van der Waals surface area (Å²) < 4.78 is 1.74. The summed E-state index contributed by atoms with van der Waals surface area (Å²) in [6.45, 7) is 0.377. The molecule has 2 aromatic heterocycles. The first kappa shape index (κ1) is 15.2. The van der Waals surface area contributed by atoms with Crippen molar-refractivity contribution in [3.05, 3.63) is 71.0 Å². The van der Waals surface area contributed by atoms with Crippen LogP contribution in [0.15, 0.2) is 54.7 Å². The molecular formula is C17H15ClN4O. The van der Waals surface area contributed by atoms with E-state index in [0.717, 1.165) is 17.1 Å². The summed E-state index contributed by atoms with van der Waals surface area (Å²) >= 11 is 5.90. The van der Waals surface area contributed by atoms with Crippen LogP contribution >= 0.6 is 11.6 Å². The highest BCUT2D eigenvalue weighted by Crippen LogP contribution is 2.16. The average molecular weight is 327 g/mol. The molecule has 5 nitrogen and oxygen atoms in total. The van der Waals surface area contributed by atoms with E-state index in [0.29, 0.717) is 17.1 Å². The molecule has 2 heterocycles. The maximum atomic E-state index is 12.1. The van der Waals surface area contributed by atoms with Crippen LogP contribution in [0.1, 0.15) is 16.1 Å². The minimum absolute atomic E-state index is 0.173. The van der Waals surface area contributed by atoms with E-state index < -0.39 is 0 Å². The standard InChI is InChI=1S/C17H15ClN4O/c1-22-14(10-16(21-22)15-7-2-3-8-19-15)11-20-17(23)12-5-4-6-13(18)9-12/h2-10H,11H2,1H3,(H,20,23). The second-order valence-electron chi connectivity index (χ2n) is 5.05. The fraction of sp³-hybridized carbons (Fsp3) is 0.118. The number of carbonyl (C=O) groups excluding carboxylic acids is 1. The number of nitrogens with one attached hydrogen (secondary N) is 1. The first-order chi connectivity index (χ1) is 11.1. The highest BCUT2D eigenvalue weighted by molar-refractivity contribution is 6.30. The predicted octanol–water partition coefficient (Wildman–Crippen LogP) is 3.07. The van der Waals surface area contributed by atoms with Crippen LogP contribution in [0.5, 0.6) is 0 Å². The molecule has 0 saturated heterocycles. The van der Waals surface area contributed by atoms with Crippen molar-refractivity contribution in [3.63, 3.8) is 0 Å². The summed E-state index contributed by atoms with van der Waals surface area (Å²) in [5.74, 6) is -0.173. The Hall–Kier alpha value is -2.66. The molecule has 1 aromatic carbocycles. The van der Waals surface area contributed by atoms with E-state index in [4.69, 9.17) is 11.6 Å². The lowest BCUT2D eigenvalue weighted by atomic mass is 10.2. The van der Waals surface area contributed by atoms with Gasteiger partial charge in [0.25, 0.3) is 5.91 Å². The fourth-order valence-electron chi connectivity index (χ4n) is 2.21. The van der Waals surface area contributed by atoms with Crippen molar-refractivity contribution >= 4 is 17.5 Å². The first-order valence-electron chi connectivity index (χ1n) is 7.11. The molecule has 1 amide bonds. The Kier molecular flexibility index (Phi) is 4.39. The van der Waals surface area contributed by atoms with Gasteiger partial charge >= 0.3 is 0 Å². The number of rotatable bonds is 4. The van der Waals surface area contributed by atoms with E-state index in [2.05, 4.69) is 15.4 Å². The summed E-state index contributed by atoms with van der Waals surface area (Å²) in [4.78, 5) is 16.4.